The number of allylic oxidation sites excluding steroid dienone is 1. The van der Waals surface area contributed by atoms with Crippen LogP contribution in [0.25, 0.3) is 0 Å². The van der Waals surface area contributed by atoms with Crippen LogP contribution in [0.2, 0.25) is 0 Å². The maximum atomic E-state index is 12.7. The van der Waals surface area contributed by atoms with Gasteiger partial charge in [-0.1, -0.05) is 19.3 Å². The fraction of sp³-hybridized carbons (Fsp3) is 0.650. The summed E-state index contributed by atoms with van der Waals surface area (Å²) in [5.74, 6) is 0.815. The average molecular weight is 371 g/mol. The van der Waals surface area contributed by atoms with Crippen LogP contribution in [0.4, 0.5) is 4.79 Å². The number of amidine groups is 1. The van der Waals surface area contributed by atoms with Crippen LogP contribution in [0.5, 0.6) is 0 Å². The largest absolute Gasteiger partial charge is 0.496 e. The average Bonchev–Trinajstić information content (AvgIpc) is 3.32. The second-order valence-corrected chi connectivity index (χ2v) is 7.65. The summed E-state index contributed by atoms with van der Waals surface area (Å²) in [5.41, 5.74) is 0. The molecule has 0 spiro atoms. The number of amides is 2. The number of aromatic nitrogens is 2. The number of carbonyl (C=O) groups excluding carboxylic acids is 1. The van der Waals surface area contributed by atoms with Gasteiger partial charge < -0.3 is 14.2 Å². The van der Waals surface area contributed by atoms with Crippen molar-refractivity contribution in [2.75, 3.05) is 6.54 Å². The van der Waals surface area contributed by atoms with E-state index in [0.717, 1.165) is 44.5 Å². The number of rotatable bonds is 6. The number of carbonyl (C=O) groups is 1. The quantitative estimate of drug-likeness (QED) is 0.835. The molecule has 2 atom stereocenters. The summed E-state index contributed by atoms with van der Waals surface area (Å²) in [4.78, 5) is 23.7. The Morgan fingerprint density at radius 2 is 2.11 bits per heavy atom. The van der Waals surface area contributed by atoms with Gasteiger partial charge in [-0.2, -0.15) is 0 Å². The molecule has 4 rings (SSSR count). The molecule has 1 aromatic heterocycles. The monoisotopic (exact) mass is 371 g/mol. The van der Waals surface area contributed by atoms with Gasteiger partial charge in [-0.15, -0.1) is 0 Å². The molecule has 146 valence electrons. The number of aryl methyl sites for hydroxylation is 1. The minimum atomic E-state index is -0.104. The Morgan fingerprint density at radius 1 is 1.22 bits per heavy atom. The number of urea groups is 1. The summed E-state index contributed by atoms with van der Waals surface area (Å²) in [6, 6.07) is 0.187. The van der Waals surface area contributed by atoms with Gasteiger partial charge in [0.15, 0.2) is 0 Å². The van der Waals surface area contributed by atoms with Crippen molar-refractivity contribution in [3.8, 4) is 0 Å². The van der Waals surface area contributed by atoms with Crippen molar-refractivity contribution in [3.05, 3.63) is 31.1 Å². The topological polar surface area (TPSA) is 71.8 Å². The van der Waals surface area contributed by atoms with Crippen molar-refractivity contribution in [1.82, 2.24) is 19.8 Å². The molecule has 7 nitrogen and oxygen atoms in total. The highest BCUT2D eigenvalue weighted by Gasteiger charge is 2.42. The summed E-state index contributed by atoms with van der Waals surface area (Å²) in [5, 5.41) is 3.06. The molecule has 2 aliphatic heterocycles. The van der Waals surface area contributed by atoms with Crippen molar-refractivity contribution >= 4 is 11.9 Å². The maximum absolute atomic E-state index is 12.7. The number of aliphatic imine (C=N–C) groups is 1. The van der Waals surface area contributed by atoms with E-state index in [9.17, 15) is 4.79 Å². The number of hydrogen-bond donors (Lipinski definition) is 1. The second-order valence-electron chi connectivity index (χ2n) is 7.65. The van der Waals surface area contributed by atoms with Crippen LogP contribution in [0.3, 0.4) is 0 Å². The van der Waals surface area contributed by atoms with E-state index in [1.54, 1.807) is 12.5 Å². The molecule has 3 heterocycles. The van der Waals surface area contributed by atoms with E-state index in [0.29, 0.717) is 12.6 Å². The van der Waals surface area contributed by atoms with Crippen molar-refractivity contribution < 1.29 is 9.53 Å². The first-order valence-electron chi connectivity index (χ1n) is 10.2. The predicted molar refractivity (Wildman–Crippen MR) is 103 cm³/mol. The fourth-order valence-electron chi connectivity index (χ4n) is 4.29. The standard InChI is InChI=1S/C20H29N5O2/c26-20-23-19(22-16-7-2-1-3-8-16)18(17-9-4-5-14-27-17)25(20)12-6-11-24-13-10-21-15-24/h5,10,13-18H,1-4,6-9,11-12H2,(H,22,23,26). The van der Waals surface area contributed by atoms with Crippen LogP contribution < -0.4 is 5.32 Å². The highest BCUT2D eigenvalue weighted by molar-refractivity contribution is 6.07. The number of hydrogen-bond acceptors (Lipinski definition) is 4. The van der Waals surface area contributed by atoms with Crippen LogP contribution in [0, 0.1) is 0 Å². The van der Waals surface area contributed by atoms with E-state index in [1.165, 1.54) is 19.3 Å². The number of imidazole rings is 1. The zero-order valence-electron chi connectivity index (χ0n) is 15.8. The molecule has 1 N–H and O–H groups in total. The Balaban J connectivity index is 1.48. The van der Waals surface area contributed by atoms with Crippen LogP contribution in [-0.4, -0.2) is 51.1 Å². The minimum Gasteiger partial charge on any atom is -0.496 e. The van der Waals surface area contributed by atoms with Crippen molar-refractivity contribution in [3.63, 3.8) is 0 Å². The Morgan fingerprint density at radius 3 is 2.85 bits per heavy atom. The molecule has 0 aromatic carbocycles. The van der Waals surface area contributed by atoms with Crippen molar-refractivity contribution in [2.45, 2.75) is 76.1 Å². The first kappa shape index (κ1) is 18.1. The Bertz CT molecular complexity index is 679. The smallest absolute Gasteiger partial charge is 0.323 e. The van der Waals surface area contributed by atoms with Crippen molar-refractivity contribution in [2.24, 2.45) is 4.99 Å². The Labute approximate surface area is 160 Å². The predicted octanol–water partition coefficient (Wildman–Crippen LogP) is 3.09. The first-order valence-corrected chi connectivity index (χ1v) is 10.2. The summed E-state index contributed by atoms with van der Waals surface area (Å²) in [6.07, 6.45) is 18.1. The van der Waals surface area contributed by atoms with Gasteiger partial charge >= 0.3 is 6.03 Å². The molecule has 2 amide bonds. The molecule has 7 heteroatoms. The molecule has 27 heavy (non-hydrogen) atoms. The van der Waals surface area contributed by atoms with E-state index in [-0.39, 0.29) is 18.2 Å². The number of nitrogens with one attached hydrogen (secondary N) is 1. The molecule has 0 radical (unpaired) electrons. The van der Waals surface area contributed by atoms with Crippen molar-refractivity contribution in [1.29, 1.82) is 0 Å². The minimum absolute atomic E-state index is 0.0236. The third-order valence-electron chi connectivity index (χ3n) is 5.70. The number of nitrogens with zero attached hydrogens (tertiary/aromatic N) is 4. The lowest BCUT2D eigenvalue weighted by Gasteiger charge is -2.31. The zero-order valence-corrected chi connectivity index (χ0v) is 15.8. The second kappa shape index (κ2) is 8.59. The lowest BCUT2D eigenvalue weighted by atomic mass is 9.95. The van der Waals surface area contributed by atoms with Gasteiger partial charge in [-0.25, -0.2) is 9.78 Å². The summed E-state index contributed by atoms with van der Waals surface area (Å²) in [6.45, 7) is 1.53. The zero-order chi connectivity index (χ0) is 18.5. The molecule has 1 saturated carbocycles. The molecular formula is C20H29N5O2. The molecule has 1 aliphatic carbocycles. The van der Waals surface area contributed by atoms with E-state index in [1.807, 2.05) is 28.1 Å². The fourth-order valence-corrected chi connectivity index (χ4v) is 4.29. The van der Waals surface area contributed by atoms with Gasteiger partial charge in [0.05, 0.1) is 18.6 Å². The molecule has 3 aliphatic rings. The highest BCUT2D eigenvalue weighted by atomic mass is 16.5. The van der Waals surface area contributed by atoms with Crippen LogP contribution in [0.15, 0.2) is 36.1 Å². The molecule has 2 fully saturated rings. The third-order valence-corrected chi connectivity index (χ3v) is 5.70. The maximum Gasteiger partial charge on any atom is 0.323 e. The normalized spacial score (nSPS) is 27.8. The SMILES string of the molecule is O=C1N/C(=N\C2CCCCC2)C(C2CCC=CO2)N1CCCn1ccnc1. The molecule has 0 bridgehead atoms. The van der Waals surface area contributed by atoms with Crippen LogP contribution in [-0.2, 0) is 11.3 Å². The number of ether oxygens (including phenoxy) is 1. The Kier molecular flexibility index (Phi) is 5.75. The summed E-state index contributed by atoms with van der Waals surface area (Å²) >= 11 is 0. The summed E-state index contributed by atoms with van der Waals surface area (Å²) < 4.78 is 7.94. The van der Waals surface area contributed by atoms with Crippen LogP contribution in [0.1, 0.15) is 51.4 Å². The van der Waals surface area contributed by atoms with Gasteiger partial charge in [0.2, 0.25) is 0 Å². The van der Waals surface area contributed by atoms with Gasteiger partial charge in [0.25, 0.3) is 0 Å². The molecule has 1 aromatic rings. The van der Waals surface area contributed by atoms with Gasteiger partial charge in [0.1, 0.15) is 18.0 Å². The van der Waals surface area contributed by atoms with E-state index < -0.39 is 0 Å². The first-order chi connectivity index (χ1) is 13.3. The highest BCUT2D eigenvalue weighted by Crippen LogP contribution is 2.26. The lowest BCUT2D eigenvalue weighted by molar-refractivity contribution is 0.0728. The summed E-state index contributed by atoms with van der Waals surface area (Å²) in [7, 11) is 0. The molecule has 2 unspecified atom stereocenters. The lowest BCUT2D eigenvalue weighted by Crippen LogP contribution is -2.46. The molecule has 1 saturated heterocycles. The van der Waals surface area contributed by atoms with Gasteiger partial charge in [-0.3, -0.25) is 10.3 Å². The van der Waals surface area contributed by atoms with E-state index in [4.69, 9.17) is 9.73 Å². The van der Waals surface area contributed by atoms with E-state index >= 15 is 0 Å². The Hall–Kier alpha value is -2.31. The van der Waals surface area contributed by atoms with E-state index in [2.05, 4.69) is 10.3 Å². The van der Waals surface area contributed by atoms with Gasteiger partial charge in [-0.05, 0) is 38.2 Å². The third kappa shape index (κ3) is 4.34. The van der Waals surface area contributed by atoms with Crippen LogP contribution >= 0.6 is 0 Å². The van der Waals surface area contributed by atoms with Gasteiger partial charge in [0, 0.05) is 25.5 Å². The molecular weight excluding hydrogens is 342 g/mol.